The Balaban J connectivity index is 1.71. The van der Waals surface area contributed by atoms with Gasteiger partial charge >= 0.3 is 0 Å². The molecule has 0 aliphatic carbocycles. The fraction of sp³-hybridized carbons (Fsp3) is 0.160. The number of ether oxygens (including phenoxy) is 3. The standard InChI is InChI=1S/C25H23N3O5/c1-15-26-21-8-6-5-7-20(21)25(30)28(15)17-9-10-22(23(13-17)33-4)27-24(29)16-11-18(31-2)14-19(12-16)32-3/h5-14H,1-4H3,(H,27,29). The Morgan fingerprint density at radius 2 is 1.61 bits per heavy atom. The molecule has 0 bridgehead atoms. The van der Waals surface area contributed by atoms with Crippen molar-refractivity contribution < 1.29 is 19.0 Å². The first kappa shape index (κ1) is 21.9. The topological polar surface area (TPSA) is 91.7 Å². The molecule has 0 fully saturated rings. The summed E-state index contributed by atoms with van der Waals surface area (Å²) in [5.41, 5.74) is 1.85. The molecular formula is C25H23N3O5. The molecule has 8 heteroatoms. The molecular weight excluding hydrogens is 422 g/mol. The summed E-state index contributed by atoms with van der Waals surface area (Å²) in [6.07, 6.45) is 0. The monoisotopic (exact) mass is 445 g/mol. The maximum Gasteiger partial charge on any atom is 0.265 e. The van der Waals surface area contributed by atoms with E-state index in [0.717, 1.165) is 0 Å². The summed E-state index contributed by atoms with van der Waals surface area (Å²) in [5, 5.41) is 3.36. The molecule has 0 aliphatic heterocycles. The van der Waals surface area contributed by atoms with Crippen LogP contribution in [0.25, 0.3) is 16.6 Å². The third-order valence-electron chi connectivity index (χ3n) is 5.25. The average molecular weight is 445 g/mol. The highest BCUT2D eigenvalue weighted by atomic mass is 16.5. The van der Waals surface area contributed by atoms with Crippen LogP contribution in [0.2, 0.25) is 0 Å². The smallest absolute Gasteiger partial charge is 0.265 e. The number of aromatic nitrogens is 2. The molecule has 0 unspecified atom stereocenters. The van der Waals surface area contributed by atoms with E-state index in [9.17, 15) is 9.59 Å². The van der Waals surface area contributed by atoms with E-state index < -0.39 is 0 Å². The lowest BCUT2D eigenvalue weighted by molar-refractivity contribution is 0.102. The van der Waals surface area contributed by atoms with Gasteiger partial charge in [-0.3, -0.25) is 14.2 Å². The summed E-state index contributed by atoms with van der Waals surface area (Å²) < 4.78 is 17.5. The van der Waals surface area contributed by atoms with Crippen LogP contribution in [-0.4, -0.2) is 36.8 Å². The number of aryl methyl sites for hydroxylation is 1. The van der Waals surface area contributed by atoms with E-state index >= 15 is 0 Å². The number of rotatable bonds is 6. The maximum atomic E-state index is 13.1. The van der Waals surface area contributed by atoms with E-state index in [0.29, 0.717) is 50.9 Å². The lowest BCUT2D eigenvalue weighted by Gasteiger charge is -2.15. The second-order valence-electron chi connectivity index (χ2n) is 7.26. The molecule has 0 radical (unpaired) electrons. The van der Waals surface area contributed by atoms with Crippen molar-refractivity contribution in [2.24, 2.45) is 0 Å². The van der Waals surface area contributed by atoms with Crippen molar-refractivity contribution in [1.29, 1.82) is 0 Å². The zero-order chi connectivity index (χ0) is 23.5. The highest BCUT2D eigenvalue weighted by molar-refractivity contribution is 6.05. The number of nitrogens with one attached hydrogen (secondary N) is 1. The minimum Gasteiger partial charge on any atom is -0.497 e. The van der Waals surface area contributed by atoms with Gasteiger partial charge in [-0.1, -0.05) is 12.1 Å². The number of benzene rings is 3. The Labute approximate surface area is 190 Å². The first-order chi connectivity index (χ1) is 15.9. The van der Waals surface area contributed by atoms with Gasteiger partial charge in [0.2, 0.25) is 0 Å². The summed E-state index contributed by atoms with van der Waals surface area (Å²) in [6, 6.07) is 17.2. The van der Waals surface area contributed by atoms with Crippen molar-refractivity contribution in [1.82, 2.24) is 9.55 Å². The van der Waals surface area contributed by atoms with Crippen molar-refractivity contribution in [2.45, 2.75) is 6.92 Å². The summed E-state index contributed by atoms with van der Waals surface area (Å²) in [5.74, 6) is 1.58. The second kappa shape index (κ2) is 9.04. The molecule has 1 N–H and O–H groups in total. The van der Waals surface area contributed by atoms with Crippen LogP contribution in [0.5, 0.6) is 17.2 Å². The van der Waals surface area contributed by atoms with Crippen LogP contribution in [0.1, 0.15) is 16.2 Å². The Hall–Kier alpha value is -4.33. The van der Waals surface area contributed by atoms with Gasteiger partial charge < -0.3 is 19.5 Å². The van der Waals surface area contributed by atoms with E-state index in [1.165, 1.54) is 25.9 Å². The molecule has 3 aromatic carbocycles. The van der Waals surface area contributed by atoms with E-state index in [2.05, 4.69) is 10.3 Å². The number of carbonyl (C=O) groups excluding carboxylic acids is 1. The number of fused-ring (bicyclic) bond motifs is 1. The van der Waals surface area contributed by atoms with Crippen LogP contribution < -0.4 is 25.1 Å². The summed E-state index contributed by atoms with van der Waals surface area (Å²) in [7, 11) is 4.53. The van der Waals surface area contributed by atoms with Crippen molar-refractivity contribution in [3.05, 3.63) is 82.4 Å². The van der Waals surface area contributed by atoms with Gasteiger partial charge in [-0.25, -0.2) is 4.98 Å². The lowest BCUT2D eigenvalue weighted by Crippen LogP contribution is -2.22. The highest BCUT2D eigenvalue weighted by Crippen LogP contribution is 2.29. The summed E-state index contributed by atoms with van der Waals surface area (Å²) >= 11 is 0. The number of carbonyl (C=O) groups is 1. The van der Waals surface area contributed by atoms with Crippen LogP contribution in [0.4, 0.5) is 5.69 Å². The first-order valence-corrected chi connectivity index (χ1v) is 10.2. The summed E-state index contributed by atoms with van der Waals surface area (Å²) in [6.45, 7) is 1.77. The van der Waals surface area contributed by atoms with Gasteiger partial charge in [0.25, 0.3) is 11.5 Å². The Kier molecular flexibility index (Phi) is 5.99. The number of nitrogens with zero attached hydrogens (tertiary/aromatic N) is 2. The molecule has 4 rings (SSSR count). The van der Waals surface area contributed by atoms with E-state index in [1.54, 1.807) is 61.5 Å². The number of hydrogen-bond acceptors (Lipinski definition) is 6. The molecule has 1 amide bonds. The first-order valence-electron chi connectivity index (χ1n) is 10.2. The maximum absolute atomic E-state index is 13.1. The fourth-order valence-electron chi connectivity index (χ4n) is 3.60. The Morgan fingerprint density at radius 3 is 2.27 bits per heavy atom. The number of amides is 1. The van der Waals surface area contributed by atoms with Gasteiger partial charge in [-0.15, -0.1) is 0 Å². The Bertz CT molecular complexity index is 1390. The lowest BCUT2D eigenvalue weighted by atomic mass is 10.1. The number of anilines is 1. The molecule has 8 nitrogen and oxygen atoms in total. The van der Waals surface area contributed by atoms with Crippen LogP contribution in [0, 0.1) is 6.92 Å². The molecule has 1 aromatic heterocycles. The van der Waals surface area contributed by atoms with Crippen LogP contribution in [-0.2, 0) is 0 Å². The van der Waals surface area contributed by atoms with Gasteiger partial charge in [-0.05, 0) is 43.3 Å². The normalized spacial score (nSPS) is 10.7. The van der Waals surface area contributed by atoms with Gasteiger partial charge in [0.1, 0.15) is 23.1 Å². The summed E-state index contributed by atoms with van der Waals surface area (Å²) in [4.78, 5) is 30.5. The minimum absolute atomic E-state index is 0.180. The van der Waals surface area contributed by atoms with Crippen molar-refractivity contribution in [3.8, 4) is 22.9 Å². The number of hydrogen-bond donors (Lipinski definition) is 1. The van der Waals surface area contributed by atoms with E-state index in [4.69, 9.17) is 14.2 Å². The van der Waals surface area contributed by atoms with Gasteiger partial charge in [0.05, 0.1) is 43.6 Å². The zero-order valence-electron chi connectivity index (χ0n) is 18.7. The quantitative estimate of drug-likeness (QED) is 0.483. The van der Waals surface area contributed by atoms with E-state index in [1.807, 2.05) is 6.07 Å². The molecule has 0 saturated heterocycles. The van der Waals surface area contributed by atoms with E-state index in [-0.39, 0.29) is 11.5 Å². The molecule has 33 heavy (non-hydrogen) atoms. The second-order valence-corrected chi connectivity index (χ2v) is 7.26. The van der Waals surface area contributed by atoms with Crippen molar-refractivity contribution >= 4 is 22.5 Å². The third kappa shape index (κ3) is 4.23. The molecule has 0 saturated carbocycles. The molecule has 0 aliphatic rings. The van der Waals surface area contributed by atoms with Crippen molar-refractivity contribution in [3.63, 3.8) is 0 Å². The SMILES string of the molecule is COc1cc(OC)cc(C(=O)Nc2ccc(-n3c(C)nc4ccccc4c3=O)cc2OC)c1. The molecule has 4 aromatic rings. The number of para-hydroxylation sites is 1. The Morgan fingerprint density at radius 1 is 0.909 bits per heavy atom. The van der Waals surface area contributed by atoms with Crippen LogP contribution in [0.15, 0.2) is 65.5 Å². The predicted octanol–water partition coefficient (Wildman–Crippen LogP) is 3.97. The number of methoxy groups -OCH3 is 3. The molecule has 1 heterocycles. The van der Waals surface area contributed by atoms with Gasteiger partial charge in [0.15, 0.2) is 0 Å². The highest BCUT2D eigenvalue weighted by Gasteiger charge is 2.15. The largest absolute Gasteiger partial charge is 0.497 e. The van der Waals surface area contributed by atoms with Crippen LogP contribution >= 0.6 is 0 Å². The third-order valence-corrected chi connectivity index (χ3v) is 5.25. The fourth-order valence-corrected chi connectivity index (χ4v) is 3.60. The molecule has 168 valence electrons. The van der Waals surface area contributed by atoms with Crippen LogP contribution in [0.3, 0.4) is 0 Å². The van der Waals surface area contributed by atoms with Gasteiger partial charge in [0, 0.05) is 17.7 Å². The molecule has 0 spiro atoms. The molecule has 0 atom stereocenters. The minimum atomic E-state index is -0.362. The average Bonchev–Trinajstić information content (AvgIpc) is 2.84. The van der Waals surface area contributed by atoms with Gasteiger partial charge in [-0.2, -0.15) is 0 Å². The predicted molar refractivity (Wildman–Crippen MR) is 126 cm³/mol. The zero-order valence-corrected chi connectivity index (χ0v) is 18.7. The van der Waals surface area contributed by atoms with Crippen molar-refractivity contribution in [2.75, 3.05) is 26.6 Å².